The summed E-state index contributed by atoms with van der Waals surface area (Å²) in [7, 11) is -1.50. The number of rotatable bonds is 7. The van der Waals surface area contributed by atoms with Crippen LogP contribution in [0.25, 0.3) is 0 Å². The van der Waals surface area contributed by atoms with Gasteiger partial charge in [0.05, 0.1) is 5.75 Å². The van der Waals surface area contributed by atoms with E-state index < -0.39 is 10.0 Å². The molecule has 0 aromatic heterocycles. The highest BCUT2D eigenvalue weighted by atomic mass is 32.2. The Balaban J connectivity index is 3.32. The van der Waals surface area contributed by atoms with Crippen LogP contribution in [0.5, 0.6) is 0 Å². The zero-order chi connectivity index (χ0) is 9.45. The molecule has 0 atom stereocenters. The van der Waals surface area contributed by atoms with E-state index in [1.165, 1.54) is 19.9 Å². The Morgan fingerprint density at radius 1 is 1.08 bits per heavy atom. The summed E-state index contributed by atoms with van der Waals surface area (Å²) in [6.07, 6.45) is 5.35. The quantitative estimate of drug-likeness (QED) is 0.623. The molecular formula is C8H19NO2S. The van der Waals surface area contributed by atoms with E-state index >= 15 is 0 Å². The molecule has 0 aromatic rings. The third-order valence-electron chi connectivity index (χ3n) is 1.83. The first kappa shape index (κ1) is 11.9. The van der Waals surface area contributed by atoms with Crippen LogP contribution in [0.3, 0.4) is 0 Å². The van der Waals surface area contributed by atoms with Gasteiger partial charge in [0.2, 0.25) is 10.0 Å². The Kier molecular flexibility index (Phi) is 6.38. The molecule has 0 rings (SSSR count). The molecule has 0 bridgehead atoms. The lowest BCUT2D eigenvalue weighted by atomic mass is 10.2. The fraction of sp³-hybridized carbons (Fsp3) is 1.00. The van der Waals surface area contributed by atoms with Crippen molar-refractivity contribution in [2.75, 3.05) is 12.8 Å². The summed E-state index contributed by atoms with van der Waals surface area (Å²) in [6, 6.07) is 0. The van der Waals surface area contributed by atoms with Crippen LogP contribution in [-0.4, -0.2) is 21.2 Å². The highest BCUT2D eigenvalue weighted by Crippen LogP contribution is 2.03. The number of sulfonamides is 1. The third-order valence-corrected chi connectivity index (χ3v) is 3.28. The fourth-order valence-electron chi connectivity index (χ4n) is 0.998. The maximum atomic E-state index is 10.9. The van der Waals surface area contributed by atoms with Crippen molar-refractivity contribution in [2.45, 2.75) is 39.0 Å². The van der Waals surface area contributed by atoms with Gasteiger partial charge < -0.3 is 0 Å². The van der Waals surface area contributed by atoms with Crippen LogP contribution in [0.2, 0.25) is 0 Å². The maximum absolute atomic E-state index is 10.9. The molecule has 0 aliphatic heterocycles. The van der Waals surface area contributed by atoms with E-state index in [2.05, 4.69) is 11.6 Å². The van der Waals surface area contributed by atoms with Gasteiger partial charge in [-0.3, -0.25) is 0 Å². The van der Waals surface area contributed by atoms with Gasteiger partial charge in [-0.1, -0.05) is 32.6 Å². The molecule has 12 heavy (non-hydrogen) atoms. The van der Waals surface area contributed by atoms with Crippen LogP contribution in [-0.2, 0) is 10.0 Å². The topological polar surface area (TPSA) is 46.2 Å². The largest absolute Gasteiger partial charge is 0.218 e. The summed E-state index contributed by atoms with van der Waals surface area (Å²) in [6.45, 7) is 2.14. The van der Waals surface area contributed by atoms with Crippen molar-refractivity contribution in [3.63, 3.8) is 0 Å². The van der Waals surface area contributed by atoms with E-state index in [-0.39, 0.29) is 5.75 Å². The molecule has 0 unspecified atom stereocenters. The summed E-state index contributed by atoms with van der Waals surface area (Å²) in [5.41, 5.74) is 0. The van der Waals surface area contributed by atoms with Crippen LogP contribution in [0.4, 0.5) is 0 Å². The molecule has 0 amide bonds. The van der Waals surface area contributed by atoms with Crippen LogP contribution in [0, 0.1) is 0 Å². The summed E-state index contributed by atoms with van der Waals surface area (Å²) in [4.78, 5) is 0. The fourth-order valence-corrected chi connectivity index (χ4v) is 1.79. The molecule has 0 spiro atoms. The summed E-state index contributed by atoms with van der Waals surface area (Å²) in [5.74, 6) is 0.271. The predicted octanol–water partition coefficient (Wildman–Crippen LogP) is 1.51. The second-order valence-corrected chi connectivity index (χ2v) is 4.98. The Hall–Kier alpha value is -0.0900. The van der Waals surface area contributed by atoms with Gasteiger partial charge in [0, 0.05) is 0 Å². The van der Waals surface area contributed by atoms with Gasteiger partial charge in [-0.25, -0.2) is 13.1 Å². The Morgan fingerprint density at radius 2 is 1.67 bits per heavy atom. The third kappa shape index (κ3) is 6.61. The van der Waals surface area contributed by atoms with E-state index in [4.69, 9.17) is 0 Å². The van der Waals surface area contributed by atoms with Crippen molar-refractivity contribution < 1.29 is 8.42 Å². The van der Waals surface area contributed by atoms with E-state index in [0.29, 0.717) is 0 Å². The lowest BCUT2D eigenvalue weighted by Gasteiger charge is -2.01. The first-order chi connectivity index (χ1) is 5.62. The number of hydrogen-bond donors (Lipinski definition) is 1. The molecular weight excluding hydrogens is 174 g/mol. The highest BCUT2D eigenvalue weighted by Gasteiger charge is 2.04. The maximum Gasteiger partial charge on any atom is 0.211 e. The number of hydrogen-bond acceptors (Lipinski definition) is 2. The SMILES string of the molecule is CCCCCCCS(=O)(=O)NC. The van der Waals surface area contributed by atoms with Crippen molar-refractivity contribution in [1.29, 1.82) is 0 Å². The molecule has 0 radical (unpaired) electrons. The Bertz CT molecular complexity index is 187. The van der Waals surface area contributed by atoms with Gasteiger partial charge in [0.1, 0.15) is 0 Å². The van der Waals surface area contributed by atoms with Crippen molar-refractivity contribution >= 4 is 10.0 Å². The van der Waals surface area contributed by atoms with Crippen molar-refractivity contribution in [1.82, 2.24) is 4.72 Å². The van der Waals surface area contributed by atoms with Gasteiger partial charge >= 0.3 is 0 Å². The van der Waals surface area contributed by atoms with Crippen molar-refractivity contribution in [3.8, 4) is 0 Å². The van der Waals surface area contributed by atoms with Gasteiger partial charge in [0.15, 0.2) is 0 Å². The average Bonchev–Trinajstić information content (AvgIpc) is 2.04. The van der Waals surface area contributed by atoms with Crippen molar-refractivity contribution in [2.24, 2.45) is 0 Å². The molecule has 0 heterocycles. The van der Waals surface area contributed by atoms with Gasteiger partial charge in [0.25, 0.3) is 0 Å². The Morgan fingerprint density at radius 3 is 2.17 bits per heavy atom. The minimum atomic E-state index is -2.96. The van der Waals surface area contributed by atoms with E-state index in [9.17, 15) is 8.42 Å². The first-order valence-corrected chi connectivity index (χ1v) is 6.19. The van der Waals surface area contributed by atoms with Crippen LogP contribution in [0.1, 0.15) is 39.0 Å². The number of nitrogens with one attached hydrogen (secondary N) is 1. The van der Waals surface area contributed by atoms with Gasteiger partial charge in [-0.15, -0.1) is 0 Å². The minimum Gasteiger partial charge on any atom is -0.218 e. The molecule has 0 aliphatic rings. The predicted molar refractivity (Wildman–Crippen MR) is 51.6 cm³/mol. The number of unbranched alkanes of at least 4 members (excludes halogenated alkanes) is 4. The summed E-state index contributed by atoms with van der Waals surface area (Å²) in [5, 5.41) is 0. The molecule has 4 heteroatoms. The standard InChI is InChI=1S/C8H19NO2S/c1-3-4-5-6-7-8-12(10,11)9-2/h9H,3-8H2,1-2H3. The lowest BCUT2D eigenvalue weighted by Crippen LogP contribution is -2.21. The molecule has 0 aliphatic carbocycles. The van der Waals surface area contributed by atoms with Crippen LogP contribution >= 0.6 is 0 Å². The van der Waals surface area contributed by atoms with Crippen LogP contribution < -0.4 is 4.72 Å². The zero-order valence-corrected chi connectivity index (χ0v) is 8.78. The van der Waals surface area contributed by atoms with Gasteiger partial charge in [-0.2, -0.15) is 0 Å². The monoisotopic (exact) mass is 193 g/mol. The molecule has 1 N–H and O–H groups in total. The second kappa shape index (κ2) is 6.43. The zero-order valence-electron chi connectivity index (χ0n) is 7.97. The molecule has 0 fully saturated rings. The summed E-state index contributed by atoms with van der Waals surface area (Å²) < 4.78 is 24.1. The second-order valence-electron chi connectivity index (χ2n) is 2.94. The normalized spacial score (nSPS) is 11.8. The summed E-state index contributed by atoms with van der Waals surface area (Å²) >= 11 is 0. The highest BCUT2D eigenvalue weighted by molar-refractivity contribution is 7.89. The molecule has 3 nitrogen and oxygen atoms in total. The smallest absolute Gasteiger partial charge is 0.211 e. The van der Waals surface area contributed by atoms with Gasteiger partial charge in [-0.05, 0) is 13.5 Å². The lowest BCUT2D eigenvalue weighted by molar-refractivity contribution is 0.579. The minimum absolute atomic E-state index is 0.271. The molecule has 0 saturated carbocycles. The van der Waals surface area contributed by atoms with E-state index in [0.717, 1.165) is 19.3 Å². The molecule has 0 saturated heterocycles. The van der Waals surface area contributed by atoms with Crippen LogP contribution in [0.15, 0.2) is 0 Å². The molecule has 0 aromatic carbocycles. The Labute approximate surface area is 75.6 Å². The average molecular weight is 193 g/mol. The molecule has 74 valence electrons. The van der Waals surface area contributed by atoms with E-state index in [1.54, 1.807) is 0 Å². The van der Waals surface area contributed by atoms with Crippen molar-refractivity contribution in [3.05, 3.63) is 0 Å². The van der Waals surface area contributed by atoms with E-state index in [1.807, 2.05) is 0 Å². The first-order valence-electron chi connectivity index (χ1n) is 4.53.